The Bertz CT molecular complexity index is 1060. The summed E-state index contributed by atoms with van der Waals surface area (Å²) in [5.74, 6) is 0.147. The van der Waals surface area contributed by atoms with Gasteiger partial charge in [-0.2, -0.15) is 0 Å². The van der Waals surface area contributed by atoms with Crippen molar-refractivity contribution in [2.45, 2.75) is 13.0 Å². The summed E-state index contributed by atoms with van der Waals surface area (Å²) in [4.78, 5) is 13.6. The average Bonchev–Trinajstić information content (AvgIpc) is 3.16. The molecule has 4 heterocycles. The highest BCUT2D eigenvalue weighted by atomic mass is 19.1. The monoisotopic (exact) mass is 427 g/mol. The first kappa shape index (κ1) is 19.8. The zero-order valence-electron chi connectivity index (χ0n) is 17.1. The fourth-order valence-corrected chi connectivity index (χ4v) is 4.06. The summed E-state index contributed by atoms with van der Waals surface area (Å²) in [6.07, 6.45) is 1.40. The topological polar surface area (TPSA) is 85.3 Å². The van der Waals surface area contributed by atoms with Crippen LogP contribution in [-0.2, 0) is 4.74 Å². The minimum absolute atomic E-state index is 0.242. The molecule has 0 saturated carbocycles. The number of anilines is 2. The Hall–Kier alpha value is -3.11. The van der Waals surface area contributed by atoms with Gasteiger partial charge in [0.05, 0.1) is 30.5 Å². The van der Waals surface area contributed by atoms with Crippen molar-refractivity contribution in [1.29, 1.82) is 0 Å². The van der Waals surface area contributed by atoms with E-state index in [1.54, 1.807) is 0 Å². The van der Waals surface area contributed by atoms with E-state index < -0.39 is 11.6 Å². The molecule has 1 aromatic carbocycles. The molecule has 162 valence electrons. The Balaban J connectivity index is 1.37. The molecule has 3 aromatic rings. The predicted molar refractivity (Wildman–Crippen MR) is 112 cm³/mol. The molecule has 5 rings (SSSR count). The molecule has 0 radical (unpaired) electrons. The summed E-state index contributed by atoms with van der Waals surface area (Å²) in [5.41, 5.74) is 8.04. The van der Waals surface area contributed by atoms with Crippen LogP contribution in [0.1, 0.15) is 5.56 Å². The first-order chi connectivity index (χ1) is 15.0. The van der Waals surface area contributed by atoms with E-state index in [1.807, 2.05) is 13.0 Å². The highest BCUT2D eigenvalue weighted by Crippen LogP contribution is 2.30. The molecule has 0 atom stereocenters. The van der Waals surface area contributed by atoms with E-state index in [2.05, 4.69) is 24.9 Å². The Morgan fingerprint density at radius 3 is 2.35 bits per heavy atom. The van der Waals surface area contributed by atoms with Crippen molar-refractivity contribution < 1.29 is 13.5 Å². The third kappa shape index (κ3) is 3.84. The lowest BCUT2D eigenvalue weighted by molar-refractivity contribution is -0.0660. The molecule has 2 aliphatic heterocycles. The maximum Gasteiger partial charge on any atom is 0.185 e. The smallest absolute Gasteiger partial charge is 0.185 e. The molecule has 10 heteroatoms. The highest BCUT2D eigenvalue weighted by Gasteiger charge is 2.29. The van der Waals surface area contributed by atoms with Crippen LogP contribution in [0.15, 0.2) is 30.6 Å². The second-order valence-corrected chi connectivity index (χ2v) is 7.91. The van der Waals surface area contributed by atoms with Gasteiger partial charge < -0.3 is 15.4 Å². The summed E-state index contributed by atoms with van der Waals surface area (Å²) < 4.78 is 33.7. The van der Waals surface area contributed by atoms with Gasteiger partial charge in [0.2, 0.25) is 0 Å². The number of ether oxygens (including phenoxy) is 1. The number of halogens is 2. The molecule has 2 fully saturated rings. The van der Waals surface area contributed by atoms with Gasteiger partial charge in [-0.25, -0.2) is 23.4 Å². The molecule has 0 spiro atoms. The Kier molecular flexibility index (Phi) is 5.03. The molecule has 2 aliphatic rings. The van der Waals surface area contributed by atoms with E-state index in [0.29, 0.717) is 23.2 Å². The largest absolute Gasteiger partial charge is 0.383 e. The third-order valence-electron chi connectivity index (χ3n) is 5.83. The molecule has 2 saturated heterocycles. The van der Waals surface area contributed by atoms with Crippen LogP contribution < -0.4 is 10.6 Å². The van der Waals surface area contributed by atoms with Gasteiger partial charge in [-0.15, -0.1) is 5.10 Å². The van der Waals surface area contributed by atoms with Crippen molar-refractivity contribution in [2.24, 2.45) is 0 Å². The number of aryl methyl sites for hydroxylation is 1. The maximum absolute atomic E-state index is 13.5. The van der Waals surface area contributed by atoms with Crippen LogP contribution in [0.2, 0.25) is 0 Å². The van der Waals surface area contributed by atoms with Gasteiger partial charge in [0.25, 0.3) is 0 Å². The van der Waals surface area contributed by atoms with Gasteiger partial charge in [0, 0.05) is 32.2 Å². The van der Waals surface area contributed by atoms with E-state index >= 15 is 0 Å². The molecule has 8 nitrogen and oxygen atoms in total. The van der Waals surface area contributed by atoms with Crippen molar-refractivity contribution >= 4 is 11.6 Å². The molecule has 0 bridgehead atoms. The standard InChI is InChI=1S/C21H23F2N7O/c1-13-6-18(29-4-2-28(3-5-29)17-10-31-11-17)26-20(24)19(13)21-25-12-30(27-21)16-8-14(22)7-15(23)9-16/h6-9,12,17H,2-5,10-11H2,1H3,(H2,24,26). The molecule has 0 aliphatic carbocycles. The lowest BCUT2D eigenvalue weighted by Gasteiger charge is -2.43. The Morgan fingerprint density at radius 1 is 1.03 bits per heavy atom. The van der Waals surface area contributed by atoms with E-state index in [-0.39, 0.29) is 5.69 Å². The highest BCUT2D eigenvalue weighted by molar-refractivity contribution is 5.74. The number of rotatable bonds is 4. The van der Waals surface area contributed by atoms with Gasteiger partial charge >= 0.3 is 0 Å². The van der Waals surface area contributed by atoms with Gasteiger partial charge in [-0.05, 0) is 30.7 Å². The number of pyridine rings is 1. The van der Waals surface area contributed by atoms with Crippen molar-refractivity contribution in [2.75, 3.05) is 50.0 Å². The van der Waals surface area contributed by atoms with Crippen molar-refractivity contribution in [3.8, 4) is 17.1 Å². The summed E-state index contributed by atoms with van der Waals surface area (Å²) in [5, 5.41) is 4.36. The third-order valence-corrected chi connectivity index (χ3v) is 5.83. The molecule has 2 N–H and O–H groups in total. The van der Waals surface area contributed by atoms with Crippen LogP contribution in [0, 0.1) is 18.6 Å². The summed E-state index contributed by atoms with van der Waals surface area (Å²) in [7, 11) is 0. The van der Waals surface area contributed by atoms with Gasteiger partial charge in [0.1, 0.15) is 29.6 Å². The van der Waals surface area contributed by atoms with Gasteiger partial charge in [-0.3, -0.25) is 4.90 Å². The van der Waals surface area contributed by atoms with Gasteiger partial charge in [0.15, 0.2) is 5.82 Å². The van der Waals surface area contributed by atoms with E-state index in [0.717, 1.165) is 56.8 Å². The quantitative estimate of drug-likeness (QED) is 0.682. The number of nitrogen functional groups attached to an aromatic ring is 1. The number of nitrogens with two attached hydrogens (primary N) is 1. The summed E-state index contributed by atoms with van der Waals surface area (Å²) in [6.45, 7) is 7.25. The van der Waals surface area contributed by atoms with Crippen LogP contribution in [0.4, 0.5) is 20.4 Å². The van der Waals surface area contributed by atoms with E-state index in [4.69, 9.17) is 10.5 Å². The van der Waals surface area contributed by atoms with Crippen LogP contribution in [0.25, 0.3) is 17.1 Å². The predicted octanol–water partition coefficient (Wildman–Crippen LogP) is 2.02. The zero-order chi connectivity index (χ0) is 21.5. The number of nitrogens with zero attached hydrogens (tertiary/aromatic N) is 6. The number of aromatic nitrogens is 4. The normalized spacial score (nSPS) is 17.7. The summed E-state index contributed by atoms with van der Waals surface area (Å²) >= 11 is 0. The first-order valence-electron chi connectivity index (χ1n) is 10.2. The number of hydrogen-bond donors (Lipinski definition) is 1. The lowest BCUT2D eigenvalue weighted by Crippen LogP contribution is -2.56. The number of piperazine rings is 1. The minimum Gasteiger partial charge on any atom is -0.383 e. The van der Waals surface area contributed by atoms with Crippen LogP contribution >= 0.6 is 0 Å². The first-order valence-corrected chi connectivity index (χ1v) is 10.2. The maximum atomic E-state index is 13.5. The fourth-order valence-electron chi connectivity index (χ4n) is 4.06. The second-order valence-electron chi connectivity index (χ2n) is 7.91. The molecule has 0 amide bonds. The number of hydrogen-bond acceptors (Lipinski definition) is 7. The second kappa shape index (κ2) is 7.86. The van der Waals surface area contributed by atoms with Crippen LogP contribution in [0.5, 0.6) is 0 Å². The molecule has 31 heavy (non-hydrogen) atoms. The Morgan fingerprint density at radius 2 is 1.74 bits per heavy atom. The summed E-state index contributed by atoms with van der Waals surface area (Å²) in [6, 6.07) is 5.71. The molecule has 0 unspecified atom stereocenters. The van der Waals surface area contributed by atoms with Crippen LogP contribution in [0.3, 0.4) is 0 Å². The van der Waals surface area contributed by atoms with Crippen molar-refractivity contribution in [1.82, 2.24) is 24.6 Å². The van der Waals surface area contributed by atoms with Gasteiger partial charge in [-0.1, -0.05) is 0 Å². The Labute approximate surface area is 178 Å². The minimum atomic E-state index is -0.682. The van der Waals surface area contributed by atoms with Crippen molar-refractivity contribution in [3.05, 3.63) is 47.8 Å². The lowest BCUT2D eigenvalue weighted by atomic mass is 10.1. The number of benzene rings is 1. The zero-order valence-corrected chi connectivity index (χ0v) is 17.1. The average molecular weight is 427 g/mol. The fraction of sp³-hybridized carbons (Fsp3) is 0.381. The molecular formula is C21H23F2N7O. The molecular weight excluding hydrogens is 404 g/mol. The van der Waals surface area contributed by atoms with Crippen molar-refractivity contribution in [3.63, 3.8) is 0 Å². The molecule has 2 aromatic heterocycles. The van der Waals surface area contributed by atoms with E-state index in [9.17, 15) is 8.78 Å². The SMILES string of the molecule is Cc1cc(N2CCN(C3COC3)CC2)nc(N)c1-c1ncn(-c2cc(F)cc(F)c2)n1. The van der Waals surface area contributed by atoms with E-state index in [1.165, 1.54) is 23.1 Å². The van der Waals surface area contributed by atoms with Crippen LogP contribution in [-0.4, -0.2) is 70.1 Å².